The van der Waals surface area contributed by atoms with E-state index in [2.05, 4.69) is 24.2 Å². The highest BCUT2D eigenvalue weighted by molar-refractivity contribution is 8.14. The molecule has 1 saturated carbocycles. The molecule has 1 aliphatic carbocycles. The molecule has 0 unspecified atom stereocenters. The lowest BCUT2D eigenvalue weighted by Gasteiger charge is -2.20. The predicted octanol–water partition coefficient (Wildman–Crippen LogP) is 2.12. The predicted molar refractivity (Wildman–Crippen MR) is 59.3 cm³/mol. The first kappa shape index (κ1) is 9.38. The molecule has 0 aromatic carbocycles. The Morgan fingerprint density at radius 2 is 2.31 bits per heavy atom. The Morgan fingerprint density at radius 1 is 1.54 bits per heavy atom. The molecule has 0 atom stereocenters. The van der Waals surface area contributed by atoms with Gasteiger partial charge in [-0.25, -0.2) is 0 Å². The Hall–Kier alpha value is -0.180. The second-order valence-electron chi connectivity index (χ2n) is 4.41. The molecule has 0 aromatic rings. The van der Waals surface area contributed by atoms with Crippen LogP contribution in [0.4, 0.5) is 0 Å². The highest BCUT2D eigenvalue weighted by atomic mass is 32.2. The second kappa shape index (κ2) is 3.52. The summed E-state index contributed by atoms with van der Waals surface area (Å²) in [6, 6.07) is 0. The number of hydrogen-bond donors (Lipinski definition) is 1. The number of hydrogen-bond acceptors (Lipinski definition) is 3. The van der Waals surface area contributed by atoms with Crippen molar-refractivity contribution in [2.24, 2.45) is 16.3 Å². The summed E-state index contributed by atoms with van der Waals surface area (Å²) in [5, 5.41) is 4.65. The minimum Gasteiger partial charge on any atom is -0.364 e. The fraction of sp³-hybridized carbons (Fsp3) is 0.900. The van der Waals surface area contributed by atoms with Crippen molar-refractivity contribution in [1.82, 2.24) is 5.32 Å². The van der Waals surface area contributed by atoms with E-state index in [0.717, 1.165) is 24.8 Å². The van der Waals surface area contributed by atoms with Crippen molar-refractivity contribution >= 4 is 16.9 Å². The first-order valence-electron chi connectivity index (χ1n) is 5.14. The van der Waals surface area contributed by atoms with Crippen LogP contribution in [0.3, 0.4) is 0 Å². The van der Waals surface area contributed by atoms with Crippen molar-refractivity contribution in [1.29, 1.82) is 0 Å². The van der Waals surface area contributed by atoms with Crippen molar-refractivity contribution in [3.63, 3.8) is 0 Å². The summed E-state index contributed by atoms with van der Waals surface area (Å²) in [6.45, 7) is 6.80. The average molecular weight is 198 g/mol. The third-order valence-electron chi connectivity index (χ3n) is 3.29. The van der Waals surface area contributed by atoms with Gasteiger partial charge >= 0.3 is 0 Å². The third kappa shape index (κ3) is 2.01. The zero-order valence-corrected chi connectivity index (χ0v) is 9.28. The van der Waals surface area contributed by atoms with E-state index in [1.54, 1.807) is 0 Å². The summed E-state index contributed by atoms with van der Waals surface area (Å²) in [5.74, 6) is 1.98. The molecule has 1 fully saturated rings. The lowest BCUT2D eigenvalue weighted by molar-refractivity contribution is 0.358. The van der Waals surface area contributed by atoms with E-state index < -0.39 is 0 Å². The molecular weight excluding hydrogens is 180 g/mol. The Morgan fingerprint density at radius 3 is 2.77 bits per heavy atom. The van der Waals surface area contributed by atoms with Crippen molar-refractivity contribution in [2.75, 3.05) is 18.8 Å². The highest BCUT2D eigenvalue weighted by Crippen LogP contribution is 2.51. The molecule has 0 amide bonds. The van der Waals surface area contributed by atoms with Gasteiger partial charge in [0.05, 0.1) is 6.54 Å². The van der Waals surface area contributed by atoms with Crippen LogP contribution in [-0.2, 0) is 0 Å². The molecule has 1 N–H and O–H groups in total. The number of thioether (sulfide) groups is 1. The Labute approximate surface area is 84.6 Å². The fourth-order valence-corrected chi connectivity index (χ4v) is 2.55. The monoisotopic (exact) mass is 198 g/mol. The van der Waals surface area contributed by atoms with Gasteiger partial charge in [-0.05, 0) is 24.2 Å². The number of rotatable bonds is 3. The van der Waals surface area contributed by atoms with Crippen LogP contribution in [-0.4, -0.2) is 24.0 Å². The molecular formula is C10H18N2S. The minimum atomic E-state index is 0.603. The molecule has 0 bridgehead atoms. The molecule has 3 heteroatoms. The number of nitrogens with one attached hydrogen (secondary N) is 1. The van der Waals surface area contributed by atoms with Crippen LogP contribution >= 0.6 is 11.8 Å². The Balaban J connectivity index is 1.79. The van der Waals surface area contributed by atoms with E-state index in [1.807, 2.05) is 11.8 Å². The van der Waals surface area contributed by atoms with Crippen molar-refractivity contribution in [3.8, 4) is 0 Å². The van der Waals surface area contributed by atoms with Gasteiger partial charge in [-0.15, -0.1) is 0 Å². The summed E-state index contributed by atoms with van der Waals surface area (Å²) in [6.07, 6.45) is 2.80. The molecule has 2 rings (SSSR count). The molecule has 2 aliphatic rings. The second-order valence-corrected chi connectivity index (χ2v) is 5.49. The van der Waals surface area contributed by atoms with E-state index in [1.165, 1.54) is 18.0 Å². The van der Waals surface area contributed by atoms with Crippen LogP contribution in [0.2, 0.25) is 0 Å². The third-order valence-corrected chi connectivity index (χ3v) is 4.23. The molecule has 0 aromatic heterocycles. The number of aliphatic imine (C=N–C) groups is 1. The smallest absolute Gasteiger partial charge is 0.156 e. The summed E-state index contributed by atoms with van der Waals surface area (Å²) in [7, 11) is 0. The quantitative estimate of drug-likeness (QED) is 0.751. The van der Waals surface area contributed by atoms with Gasteiger partial charge in [-0.2, -0.15) is 0 Å². The van der Waals surface area contributed by atoms with Crippen molar-refractivity contribution < 1.29 is 0 Å². The molecule has 1 aliphatic heterocycles. The number of amidine groups is 1. The molecule has 0 radical (unpaired) electrons. The van der Waals surface area contributed by atoms with Crippen molar-refractivity contribution in [2.45, 2.75) is 26.7 Å². The molecule has 2 nitrogen and oxygen atoms in total. The van der Waals surface area contributed by atoms with Crippen LogP contribution in [0.15, 0.2) is 4.99 Å². The van der Waals surface area contributed by atoms with Gasteiger partial charge in [0.15, 0.2) is 5.17 Å². The lowest BCUT2D eigenvalue weighted by Crippen LogP contribution is -2.30. The standard InChI is InChI=1S/C10H18N2S/c1-8(2)10(3-4-10)7-12-9-11-5-6-13-9/h8H,3-7H2,1-2H3,(H,11,12). The first-order valence-corrected chi connectivity index (χ1v) is 6.13. The summed E-state index contributed by atoms with van der Waals surface area (Å²) in [4.78, 5) is 4.39. The van der Waals surface area contributed by atoms with E-state index >= 15 is 0 Å². The van der Waals surface area contributed by atoms with E-state index in [4.69, 9.17) is 0 Å². The maximum atomic E-state index is 4.39. The molecule has 13 heavy (non-hydrogen) atoms. The SMILES string of the molecule is CC(C)C1(CNC2=NCCS2)CC1. The normalized spacial score (nSPS) is 24.7. The summed E-state index contributed by atoms with van der Waals surface area (Å²) < 4.78 is 0. The van der Waals surface area contributed by atoms with Crippen LogP contribution < -0.4 is 5.32 Å². The summed E-state index contributed by atoms with van der Waals surface area (Å²) in [5.41, 5.74) is 0.603. The van der Waals surface area contributed by atoms with Crippen LogP contribution in [0.1, 0.15) is 26.7 Å². The Kier molecular flexibility index (Phi) is 2.54. The molecule has 74 valence electrons. The Bertz CT molecular complexity index is 219. The van der Waals surface area contributed by atoms with Gasteiger partial charge < -0.3 is 5.32 Å². The van der Waals surface area contributed by atoms with Crippen molar-refractivity contribution in [3.05, 3.63) is 0 Å². The zero-order valence-electron chi connectivity index (χ0n) is 8.47. The van der Waals surface area contributed by atoms with Crippen LogP contribution in [0.25, 0.3) is 0 Å². The van der Waals surface area contributed by atoms with Gasteiger partial charge in [0, 0.05) is 12.3 Å². The molecule has 1 heterocycles. The van der Waals surface area contributed by atoms with Crippen LogP contribution in [0.5, 0.6) is 0 Å². The van der Waals surface area contributed by atoms with Gasteiger partial charge in [0.2, 0.25) is 0 Å². The molecule has 0 saturated heterocycles. The van der Waals surface area contributed by atoms with Gasteiger partial charge in [-0.3, -0.25) is 4.99 Å². The highest BCUT2D eigenvalue weighted by Gasteiger charge is 2.45. The maximum Gasteiger partial charge on any atom is 0.156 e. The summed E-state index contributed by atoms with van der Waals surface area (Å²) >= 11 is 1.86. The maximum absolute atomic E-state index is 4.39. The lowest BCUT2D eigenvalue weighted by atomic mass is 9.92. The average Bonchev–Trinajstić information content (AvgIpc) is 2.73. The largest absolute Gasteiger partial charge is 0.364 e. The van der Waals surface area contributed by atoms with Gasteiger partial charge in [0.1, 0.15) is 0 Å². The van der Waals surface area contributed by atoms with E-state index in [-0.39, 0.29) is 0 Å². The van der Waals surface area contributed by atoms with Gasteiger partial charge in [-0.1, -0.05) is 25.6 Å². The fourth-order valence-electron chi connectivity index (χ4n) is 1.81. The minimum absolute atomic E-state index is 0.603. The number of nitrogens with zero attached hydrogens (tertiary/aromatic N) is 1. The topological polar surface area (TPSA) is 24.4 Å². The van der Waals surface area contributed by atoms with Gasteiger partial charge in [0.25, 0.3) is 0 Å². The molecule has 0 spiro atoms. The van der Waals surface area contributed by atoms with Crippen LogP contribution in [0, 0.1) is 11.3 Å². The van der Waals surface area contributed by atoms with E-state index in [0.29, 0.717) is 5.41 Å². The van der Waals surface area contributed by atoms with E-state index in [9.17, 15) is 0 Å². The zero-order chi connectivity index (χ0) is 9.31. The first-order chi connectivity index (χ1) is 6.23.